The summed E-state index contributed by atoms with van der Waals surface area (Å²) >= 11 is 0. The van der Waals surface area contributed by atoms with Gasteiger partial charge in [0.05, 0.1) is 5.56 Å². The maximum atomic E-state index is 12.6. The minimum atomic E-state index is -4.35. The van der Waals surface area contributed by atoms with E-state index in [1.165, 1.54) is 12.1 Å². The van der Waals surface area contributed by atoms with Gasteiger partial charge >= 0.3 is 6.18 Å². The fourth-order valence-electron chi connectivity index (χ4n) is 3.11. The van der Waals surface area contributed by atoms with Crippen LogP contribution in [0.1, 0.15) is 23.1 Å². The molecule has 0 saturated carbocycles. The van der Waals surface area contributed by atoms with Crippen molar-refractivity contribution < 1.29 is 23.1 Å². The fraction of sp³-hybridized carbons (Fsp3) is 0.350. The maximum Gasteiger partial charge on any atom is 0.416 e. The lowest BCUT2D eigenvalue weighted by Gasteiger charge is -2.25. The van der Waals surface area contributed by atoms with Crippen LogP contribution in [-0.4, -0.2) is 24.2 Å². The molecule has 2 aromatic rings. The molecule has 0 radical (unpaired) electrons. The monoisotopic (exact) mass is 378 g/mol. The number of fused-ring (bicyclic) bond motifs is 1. The number of alkyl halides is 3. The molecule has 1 amide bonds. The van der Waals surface area contributed by atoms with Crippen molar-refractivity contribution in [3.63, 3.8) is 0 Å². The van der Waals surface area contributed by atoms with Gasteiger partial charge in [0, 0.05) is 36.9 Å². The summed E-state index contributed by atoms with van der Waals surface area (Å²) in [5.41, 5.74) is 2.70. The molecule has 3 rings (SSSR count). The number of amides is 1. The summed E-state index contributed by atoms with van der Waals surface area (Å²) in [4.78, 5) is 12.1. The number of nitrogens with one attached hydrogen (secondary N) is 2. The number of hydrogen-bond donors (Lipinski definition) is 3. The average Bonchev–Trinajstić information content (AvgIpc) is 2.65. The first-order valence-corrected chi connectivity index (χ1v) is 8.79. The van der Waals surface area contributed by atoms with Crippen molar-refractivity contribution in [2.24, 2.45) is 5.92 Å². The number of aryl methyl sites for hydroxylation is 1. The van der Waals surface area contributed by atoms with Gasteiger partial charge in [-0.3, -0.25) is 4.79 Å². The van der Waals surface area contributed by atoms with Crippen molar-refractivity contribution in [3.8, 4) is 0 Å². The Labute approximate surface area is 155 Å². The molecule has 1 atom stereocenters. The molecule has 0 aliphatic carbocycles. The fourth-order valence-corrected chi connectivity index (χ4v) is 3.11. The molecule has 3 N–H and O–H groups in total. The Balaban J connectivity index is 1.54. The summed E-state index contributed by atoms with van der Waals surface area (Å²) in [5.74, 6) is 0.000525. The van der Waals surface area contributed by atoms with Crippen LogP contribution in [0.15, 0.2) is 42.5 Å². The van der Waals surface area contributed by atoms with E-state index in [2.05, 4.69) is 10.6 Å². The van der Waals surface area contributed by atoms with Crippen molar-refractivity contribution >= 4 is 17.3 Å². The van der Waals surface area contributed by atoms with Gasteiger partial charge in [-0.15, -0.1) is 0 Å². The molecule has 2 aromatic carbocycles. The molecule has 1 unspecified atom stereocenters. The second-order valence-corrected chi connectivity index (χ2v) is 6.75. The predicted octanol–water partition coefficient (Wildman–Crippen LogP) is 3.85. The number of anilines is 2. The largest absolute Gasteiger partial charge is 0.416 e. The van der Waals surface area contributed by atoms with E-state index >= 15 is 0 Å². The van der Waals surface area contributed by atoms with Crippen LogP contribution in [0.25, 0.3) is 0 Å². The van der Waals surface area contributed by atoms with Crippen LogP contribution < -0.4 is 10.6 Å². The predicted molar refractivity (Wildman–Crippen MR) is 97.6 cm³/mol. The Morgan fingerprint density at radius 1 is 1.19 bits per heavy atom. The number of hydrogen-bond acceptors (Lipinski definition) is 3. The van der Waals surface area contributed by atoms with Gasteiger partial charge in [-0.2, -0.15) is 13.2 Å². The number of carbonyl (C=O) groups excluding carboxylic acids is 1. The summed E-state index contributed by atoms with van der Waals surface area (Å²) in [6.07, 6.45) is -3.01. The molecule has 0 bridgehead atoms. The van der Waals surface area contributed by atoms with Crippen LogP contribution in [0, 0.1) is 5.92 Å². The minimum Gasteiger partial charge on any atom is -0.396 e. The summed E-state index contributed by atoms with van der Waals surface area (Å²) in [7, 11) is 0. The van der Waals surface area contributed by atoms with Crippen LogP contribution in [0.3, 0.4) is 0 Å². The minimum absolute atomic E-state index is 0.134. The van der Waals surface area contributed by atoms with E-state index in [0.717, 1.165) is 29.8 Å². The van der Waals surface area contributed by atoms with Crippen molar-refractivity contribution in [1.29, 1.82) is 0 Å². The Morgan fingerprint density at radius 3 is 2.59 bits per heavy atom. The van der Waals surface area contributed by atoms with Gasteiger partial charge in [0.25, 0.3) is 0 Å². The molecule has 0 spiro atoms. The molecule has 1 aliphatic rings. The number of halogens is 3. The molecular weight excluding hydrogens is 357 g/mol. The van der Waals surface area contributed by atoms with E-state index in [0.29, 0.717) is 24.2 Å². The first-order valence-electron chi connectivity index (χ1n) is 8.79. The van der Waals surface area contributed by atoms with Crippen molar-refractivity contribution in [3.05, 3.63) is 59.2 Å². The Hall–Kier alpha value is -2.54. The van der Waals surface area contributed by atoms with Gasteiger partial charge in [-0.1, -0.05) is 18.2 Å². The third-order valence-electron chi connectivity index (χ3n) is 4.66. The Kier molecular flexibility index (Phi) is 5.70. The highest BCUT2D eigenvalue weighted by Gasteiger charge is 2.29. The lowest BCUT2D eigenvalue weighted by molar-refractivity contribution is -0.137. The van der Waals surface area contributed by atoms with Crippen LogP contribution in [0.5, 0.6) is 0 Å². The molecule has 1 heterocycles. The zero-order chi connectivity index (χ0) is 19.4. The lowest BCUT2D eigenvalue weighted by atomic mass is 9.94. The highest BCUT2D eigenvalue weighted by Crippen LogP contribution is 2.29. The maximum absolute atomic E-state index is 12.6. The zero-order valence-corrected chi connectivity index (χ0v) is 14.6. The van der Waals surface area contributed by atoms with Gasteiger partial charge in [-0.25, -0.2) is 0 Å². The second-order valence-electron chi connectivity index (χ2n) is 6.75. The molecule has 144 valence electrons. The summed E-state index contributed by atoms with van der Waals surface area (Å²) in [6.45, 7) is 0.823. The van der Waals surface area contributed by atoms with Crippen LogP contribution in [-0.2, 0) is 23.8 Å². The smallest absolute Gasteiger partial charge is 0.396 e. The third-order valence-corrected chi connectivity index (χ3v) is 4.66. The van der Waals surface area contributed by atoms with Gasteiger partial charge in [0.15, 0.2) is 0 Å². The van der Waals surface area contributed by atoms with Gasteiger partial charge in [0.1, 0.15) is 0 Å². The highest BCUT2D eigenvalue weighted by molar-refractivity contribution is 5.91. The first kappa shape index (κ1) is 19.2. The van der Waals surface area contributed by atoms with Crippen molar-refractivity contribution in [2.45, 2.75) is 25.4 Å². The highest BCUT2D eigenvalue weighted by atomic mass is 19.4. The van der Waals surface area contributed by atoms with Gasteiger partial charge < -0.3 is 15.7 Å². The Morgan fingerprint density at radius 2 is 1.93 bits per heavy atom. The molecule has 0 aromatic heterocycles. The number of rotatable bonds is 5. The van der Waals surface area contributed by atoms with Crippen LogP contribution in [0.2, 0.25) is 0 Å². The standard InChI is InChI=1S/C20H21F3N2O2/c21-20(22,23)16-5-1-13(2-6-16)3-8-19(27)25-17-7-4-15-9-14(12-26)11-24-18(15)10-17/h1-2,4-7,10,14,24,26H,3,8-9,11-12H2,(H,25,27). The van der Waals surface area contributed by atoms with E-state index in [9.17, 15) is 23.1 Å². The third kappa shape index (κ3) is 5.01. The van der Waals surface area contributed by atoms with Crippen LogP contribution >= 0.6 is 0 Å². The van der Waals surface area contributed by atoms with E-state index in [4.69, 9.17) is 0 Å². The number of carbonyl (C=O) groups is 1. The zero-order valence-electron chi connectivity index (χ0n) is 14.6. The topological polar surface area (TPSA) is 61.4 Å². The molecule has 0 fully saturated rings. The summed E-state index contributed by atoms with van der Waals surface area (Å²) < 4.78 is 37.7. The van der Waals surface area contributed by atoms with E-state index < -0.39 is 11.7 Å². The number of aliphatic hydroxyl groups is 1. The summed E-state index contributed by atoms with van der Waals surface area (Å²) in [5, 5.41) is 15.3. The Bertz CT molecular complexity index is 804. The van der Waals surface area contributed by atoms with E-state index in [1.54, 1.807) is 0 Å². The van der Waals surface area contributed by atoms with Gasteiger partial charge in [-0.05, 0) is 48.2 Å². The number of benzene rings is 2. The molecule has 0 saturated heterocycles. The van der Waals surface area contributed by atoms with E-state index in [1.807, 2.05) is 18.2 Å². The normalized spacial score (nSPS) is 16.4. The molecule has 1 aliphatic heterocycles. The second kappa shape index (κ2) is 8.00. The SMILES string of the molecule is O=C(CCc1ccc(C(F)(F)F)cc1)Nc1ccc2c(c1)NCC(CO)C2. The molecular formula is C20H21F3N2O2. The summed E-state index contributed by atoms with van der Waals surface area (Å²) in [6, 6.07) is 10.5. The molecule has 7 heteroatoms. The van der Waals surface area contributed by atoms with Crippen LogP contribution in [0.4, 0.5) is 24.5 Å². The molecule has 27 heavy (non-hydrogen) atoms. The van der Waals surface area contributed by atoms with Crippen molar-refractivity contribution in [2.75, 3.05) is 23.8 Å². The van der Waals surface area contributed by atoms with Gasteiger partial charge in [0.2, 0.25) is 5.91 Å². The quantitative estimate of drug-likeness (QED) is 0.741. The average molecular weight is 378 g/mol. The first-order chi connectivity index (χ1) is 12.8. The lowest BCUT2D eigenvalue weighted by Crippen LogP contribution is -2.25. The van der Waals surface area contributed by atoms with Crippen molar-refractivity contribution in [1.82, 2.24) is 0 Å². The number of aliphatic hydroxyl groups excluding tert-OH is 1. The van der Waals surface area contributed by atoms with E-state index in [-0.39, 0.29) is 24.9 Å². The molecule has 4 nitrogen and oxygen atoms in total.